The highest BCUT2D eigenvalue weighted by molar-refractivity contribution is 6.07. The first-order valence-electron chi connectivity index (χ1n) is 10.0. The third-order valence-corrected chi connectivity index (χ3v) is 5.79. The first-order valence-corrected chi connectivity index (χ1v) is 10.0. The number of fused-ring (bicyclic) bond motifs is 1. The Balaban J connectivity index is 1.43. The van der Waals surface area contributed by atoms with Crippen LogP contribution in [0.4, 0.5) is 0 Å². The molecule has 9 nitrogen and oxygen atoms in total. The minimum Gasteiger partial charge on any atom is -0.369 e. The minimum atomic E-state index is -1.01. The smallest absolute Gasteiger partial charge is 0.235 e. The van der Waals surface area contributed by atoms with Crippen LogP contribution in [0.1, 0.15) is 18.4 Å². The molecule has 1 aliphatic rings. The molecule has 2 aromatic heterocycles. The van der Waals surface area contributed by atoms with E-state index in [0.29, 0.717) is 25.2 Å². The van der Waals surface area contributed by atoms with Gasteiger partial charge in [0.1, 0.15) is 5.41 Å². The van der Waals surface area contributed by atoms with Gasteiger partial charge in [-0.05, 0) is 35.2 Å². The van der Waals surface area contributed by atoms with E-state index in [1.165, 1.54) is 4.80 Å². The molecular formula is C22H21N7O2. The van der Waals surface area contributed by atoms with Gasteiger partial charge in [0.2, 0.25) is 17.6 Å². The number of nitrogens with zero attached hydrogens (tertiary/aromatic N) is 4. The van der Waals surface area contributed by atoms with Gasteiger partial charge in [-0.25, -0.2) is 0 Å². The quantitative estimate of drug-likeness (QED) is 0.414. The number of carbonyl (C=O) groups is 2. The van der Waals surface area contributed by atoms with Crippen LogP contribution in [0.5, 0.6) is 0 Å². The molecule has 1 aliphatic carbocycles. The Hall–Kier alpha value is -4.01. The molecule has 0 atom stereocenters. The summed E-state index contributed by atoms with van der Waals surface area (Å²) in [4.78, 5) is 28.6. The number of nitrogens with two attached hydrogens (primary N) is 1. The highest BCUT2D eigenvalue weighted by Crippen LogP contribution is 2.45. The Morgan fingerprint density at radius 2 is 1.90 bits per heavy atom. The number of benzene rings is 2. The Bertz CT molecular complexity index is 1300. The standard InChI is InChI=1S/C22H21N7O2/c1-29-27-19(26-28-29)18-17(15-4-2-3-5-16(15)25-18)14-8-6-13(7-9-14)12-24-21(31)22(10-11-22)20(23)30/h2-9,25H,10-12H2,1H3,(H2,23,30)(H,24,31). The first-order chi connectivity index (χ1) is 15.0. The van der Waals surface area contributed by atoms with Gasteiger partial charge in [0.25, 0.3) is 0 Å². The van der Waals surface area contributed by atoms with Crippen molar-refractivity contribution in [3.05, 3.63) is 54.1 Å². The minimum absolute atomic E-state index is 0.295. The number of rotatable bonds is 6. The number of aryl methyl sites for hydroxylation is 1. The Morgan fingerprint density at radius 3 is 2.55 bits per heavy atom. The number of tetrazole rings is 1. The Labute approximate surface area is 177 Å². The zero-order valence-corrected chi connectivity index (χ0v) is 16.9. The Kier molecular flexibility index (Phi) is 4.32. The van der Waals surface area contributed by atoms with Crippen molar-refractivity contribution in [1.29, 1.82) is 0 Å². The lowest BCUT2D eigenvalue weighted by molar-refractivity contribution is -0.135. The van der Waals surface area contributed by atoms with E-state index >= 15 is 0 Å². The normalized spacial score (nSPS) is 14.5. The van der Waals surface area contributed by atoms with E-state index in [-0.39, 0.29) is 5.91 Å². The molecule has 0 aliphatic heterocycles. The highest BCUT2D eigenvalue weighted by Gasteiger charge is 2.55. The van der Waals surface area contributed by atoms with Gasteiger partial charge in [0.05, 0.1) is 12.7 Å². The molecule has 0 unspecified atom stereocenters. The average molecular weight is 415 g/mol. The predicted octanol–water partition coefficient (Wildman–Crippen LogP) is 1.91. The van der Waals surface area contributed by atoms with Gasteiger partial charge in [-0.3, -0.25) is 9.59 Å². The molecule has 4 N–H and O–H groups in total. The number of para-hydroxylation sites is 1. The first kappa shape index (κ1) is 19.0. The molecule has 2 aromatic carbocycles. The van der Waals surface area contributed by atoms with Crippen molar-refractivity contribution in [3.8, 4) is 22.6 Å². The van der Waals surface area contributed by atoms with E-state index in [1.807, 2.05) is 48.5 Å². The molecule has 9 heteroatoms. The zero-order valence-electron chi connectivity index (χ0n) is 16.9. The maximum atomic E-state index is 12.3. The van der Waals surface area contributed by atoms with Gasteiger partial charge in [0.15, 0.2) is 0 Å². The molecule has 2 heterocycles. The van der Waals surface area contributed by atoms with Crippen molar-refractivity contribution >= 4 is 22.7 Å². The summed E-state index contributed by atoms with van der Waals surface area (Å²) in [5.41, 5.74) is 9.05. The molecule has 0 saturated heterocycles. The van der Waals surface area contributed by atoms with Crippen molar-refractivity contribution in [2.45, 2.75) is 19.4 Å². The predicted molar refractivity (Wildman–Crippen MR) is 114 cm³/mol. The second kappa shape index (κ2) is 7.05. The number of hydrogen-bond donors (Lipinski definition) is 3. The summed E-state index contributed by atoms with van der Waals surface area (Å²) < 4.78 is 0. The van der Waals surface area contributed by atoms with Crippen LogP contribution in [0.2, 0.25) is 0 Å². The molecule has 1 saturated carbocycles. The summed E-state index contributed by atoms with van der Waals surface area (Å²) in [6, 6.07) is 15.9. The molecule has 4 aromatic rings. The summed E-state index contributed by atoms with van der Waals surface area (Å²) in [7, 11) is 1.73. The fourth-order valence-electron chi connectivity index (χ4n) is 3.84. The van der Waals surface area contributed by atoms with Crippen molar-refractivity contribution in [1.82, 2.24) is 30.5 Å². The van der Waals surface area contributed by atoms with E-state index in [0.717, 1.165) is 33.3 Å². The van der Waals surface area contributed by atoms with Crippen LogP contribution in [0.25, 0.3) is 33.5 Å². The van der Waals surface area contributed by atoms with E-state index in [2.05, 4.69) is 25.7 Å². The number of amides is 2. The zero-order chi connectivity index (χ0) is 21.6. The number of aromatic amines is 1. The van der Waals surface area contributed by atoms with Crippen molar-refractivity contribution in [2.75, 3.05) is 0 Å². The number of hydrogen-bond acceptors (Lipinski definition) is 5. The van der Waals surface area contributed by atoms with Crippen molar-refractivity contribution in [3.63, 3.8) is 0 Å². The second-order valence-corrected chi connectivity index (χ2v) is 7.85. The molecule has 0 bridgehead atoms. The fraction of sp³-hybridized carbons (Fsp3) is 0.227. The lowest BCUT2D eigenvalue weighted by Gasteiger charge is -2.12. The summed E-state index contributed by atoms with van der Waals surface area (Å²) >= 11 is 0. The molecule has 5 rings (SSSR count). The average Bonchev–Trinajstić information content (AvgIpc) is 3.35. The summed E-state index contributed by atoms with van der Waals surface area (Å²) in [5, 5.41) is 16.4. The lowest BCUT2D eigenvalue weighted by atomic mass is 10.00. The molecule has 2 amide bonds. The number of carbonyl (C=O) groups excluding carboxylic acids is 2. The molecular weight excluding hydrogens is 394 g/mol. The number of nitrogens with one attached hydrogen (secondary N) is 2. The fourth-order valence-corrected chi connectivity index (χ4v) is 3.84. The molecule has 31 heavy (non-hydrogen) atoms. The molecule has 156 valence electrons. The topological polar surface area (TPSA) is 132 Å². The maximum absolute atomic E-state index is 12.3. The monoisotopic (exact) mass is 415 g/mol. The Morgan fingerprint density at radius 1 is 1.16 bits per heavy atom. The van der Waals surface area contributed by atoms with E-state index in [4.69, 9.17) is 5.73 Å². The summed E-state index contributed by atoms with van der Waals surface area (Å²) in [5.74, 6) is -0.326. The number of aromatic nitrogens is 5. The number of H-pyrrole nitrogens is 1. The van der Waals surface area contributed by atoms with Gasteiger partial charge in [0, 0.05) is 23.0 Å². The lowest BCUT2D eigenvalue weighted by Crippen LogP contribution is -2.40. The van der Waals surface area contributed by atoms with Crippen LogP contribution >= 0.6 is 0 Å². The van der Waals surface area contributed by atoms with Crippen LogP contribution in [0, 0.1) is 5.41 Å². The van der Waals surface area contributed by atoms with Gasteiger partial charge in [-0.2, -0.15) is 4.80 Å². The highest BCUT2D eigenvalue weighted by atomic mass is 16.2. The number of primary amides is 1. The maximum Gasteiger partial charge on any atom is 0.235 e. The van der Waals surface area contributed by atoms with Crippen molar-refractivity contribution < 1.29 is 9.59 Å². The van der Waals surface area contributed by atoms with Crippen molar-refractivity contribution in [2.24, 2.45) is 18.2 Å². The van der Waals surface area contributed by atoms with Gasteiger partial charge in [-0.1, -0.05) is 42.5 Å². The van der Waals surface area contributed by atoms with Crippen LogP contribution in [0.15, 0.2) is 48.5 Å². The van der Waals surface area contributed by atoms with E-state index in [1.54, 1.807) is 7.05 Å². The third kappa shape index (κ3) is 3.24. The molecule has 0 radical (unpaired) electrons. The van der Waals surface area contributed by atoms with E-state index < -0.39 is 11.3 Å². The van der Waals surface area contributed by atoms with E-state index in [9.17, 15) is 9.59 Å². The van der Waals surface area contributed by atoms with Crippen LogP contribution in [0.3, 0.4) is 0 Å². The van der Waals surface area contributed by atoms with Gasteiger partial charge < -0.3 is 16.0 Å². The van der Waals surface area contributed by atoms with Crippen LogP contribution in [-0.4, -0.2) is 37.0 Å². The van der Waals surface area contributed by atoms with Gasteiger partial charge in [-0.15, -0.1) is 10.2 Å². The van der Waals surface area contributed by atoms with Gasteiger partial charge >= 0.3 is 0 Å². The molecule has 0 spiro atoms. The summed E-state index contributed by atoms with van der Waals surface area (Å²) in [6.45, 7) is 0.334. The van der Waals surface area contributed by atoms with Crippen LogP contribution in [-0.2, 0) is 23.2 Å². The third-order valence-electron chi connectivity index (χ3n) is 5.79. The SMILES string of the molecule is Cn1nnc(-c2[nH]c3ccccc3c2-c2ccc(CNC(=O)C3(C(N)=O)CC3)cc2)n1. The van der Waals surface area contributed by atoms with Crippen LogP contribution < -0.4 is 11.1 Å². The second-order valence-electron chi connectivity index (χ2n) is 7.85. The molecule has 1 fully saturated rings. The summed E-state index contributed by atoms with van der Waals surface area (Å²) in [6.07, 6.45) is 1.04. The largest absolute Gasteiger partial charge is 0.369 e.